The van der Waals surface area contributed by atoms with E-state index in [0.717, 1.165) is 21.9 Å². The number of hydrogen-bond donors (Lipinski definition) is 0. The first-order chi connectivity index (χ1) is 14.0. The summed E-state index contributed by atoms with van der Waals surface area (Å²) in [5, 5.41) is 1.97. The summed E-state index contributed by atoms with van der Waals surface area (Å²) in [6.07, 6.45) is 1.07. The normalized spacial score (nSPS) is 24.0. The van der Waals surface area contributed by atoms with E-state index in [1.165, 1.54) is 7.11 Å². The van der Waals surface area contributed by atoms with Crippen molar-refractivity contribution >= 4 is 28.8 Å². The summed E-state index contributed by atoms with van der Waals surface area (Å²) in [5.41, 5.74) is 3.24. The zero-order valence-corrected chi connectivity index (χ0v) is 17.5. The Morgan fingerprint density at radius 2 is 2.00 bits per heavy atom. The highest BCUT2D eigenvalue weighted by atomic mass is 32.1. The van der Waals surface area contributed by atoms with Crippen LogP contribution in [0.5, 0.6) is 5.75 Å². The monoisotopic (exact) mass is 409 g/mol. The topological polar surface area (TPSA) is 65.0 Å². The lowest BCUT2D eigenvalue weighted by Crippen LogP contribution is -2.37. The number of benzene rings is 1. The lowest BCUT2D eigenvalue weighted by atomic mass is 9.71. The van der Waals surface area contributed by atoms with Crippen molar-refractivity contribution in [3.63, 3.8) is 0 Å². The first-order valence-corrected chi connectivity index (χ1v) is 10.5. The van der Waals surface area contributed by atoms with Crippen LogP contribution in [-0.4, -0.2) is 31.7 Å². The van der Waals surface area contributed by atoms with Crippen LogP contribution in [0.15, 0.2) is 58.0 Å². The molecule has 0 bridgehead atoms. The van der Waals surface area contributed by atoms with E-state index in [1.54, 1.807) is 18.4 Å². The van der Waals surface area contributed by atoms with Crippen molar-refractivity contribution in [2.24, 2.45) is 10.9 Å². The number of carbonyl (C=O) groups is 2. The van der Waals surface area contributed by atoms with Crippen molar-refractivity contribution < 1.29 is 19.1 Å². The first-order valence-electron chi connectivity index (χ1n) is 9.60. The lowest BCUT2D eigenvalue weighted by Gasteiger charge is -2.35. The number of ketones is 1. The van der Waals surface area contributed by atoms with Crippen molar-refractivity contribution in [1.82, 2.24) is 0 Å². The van der Waals surface area contributed by atoms with E-state index in [0.29, 0.717) is 24.1 Å². The Bertz CT molecular complexity index is 1010. The molecule has 0 spiro atoms. The smallest absolute Gasteiger partial charge is 0.315 e. The van der Waals surface area contributed by atoms with Crippen molar-refractivity contribution in [1.29, 1.82) is 0 Å². The molecule has 0 radical (unpaired) electrons. The maximum absolute atomic E-state index is 13.3. The molecule has 0 N–H and O–H groups in total. The van der Waals surface area contributed by atoms with E-state index < -0.39 is 5.92 Å². The minimum Gasteiger partial charge on any atom is -0.497 e. The molecule has 4 rings (SSSR count). The van der Waals surface area contributed by atoms with Gasteiger partial charge in [0.2, 0.25) is 0 Å². The number of methoxy groups -OCH3 is 2. The number of carbonyl (C=O) groups excluding carboxylic acids is 2. The molecule has 0 saturated heterocycles. The van der Waals surface area contributed by atoms with Crippen molar-refractivity contribution in [3.8, 4) is 5.75 Å². The molecule has 6 heteroatoms. The van der Waals surface area contributed by atoms with Crippen LogP contribution in [0.4, 0.5) is 0 Å². The number of ether oxygens (including phenoxy) is 2. The van der Waals surface area contributed by atoms with Crippen LogP contribution in [0.25, 0.3) is 0 Å². The van der Waals surface area contributed by atoms with Gasteiger partial charge in [0.1, 0.15) is 11.7 Å². The Morgan fingerprint density at radius 1 is 1.17 bits per heavy atom. The van der Waals surface area contributed by atoms with E-state index >= 15 is 0 Å². The van der Waals surface area contributed by atoms with Crippen LogP contribution in [0.1, 0.15) is 42.0 Å². The largest absolute Gasteiger partial charge is 0.497 e. The van der Waals surface area contributed by atoms with Crippen molar-refractivity contribution in [2.75, 3.05) is 14.2 Å². The maximum Gasteiger partial charge on any atom is 0.315 e. The van der Waals surface area contributed by atoms with Crippen LogP contribution in [0, 0.1) is 5.92 Å². The molecule has 0 saturated carbocycles. The number of Topliss-reactive ketones (excluding diaryl/α,β-unsaturated/α-hetero) is 1. The minimum atomic E-state index is -0.560. The van der Waals surface area contributed by atoms with Gasteiger partial charge >= 0.3 is 5.97 Å². The third-order valence-corrected chi connectivity index (χ3v) is 6.71. The number of thiophene rings is 1. The van der Waals surface area contributed by atoms with Crippen LogP contribution in [0.2, 0.25) is 0 Å². The Balaban J connectivity index is 1.77. The number of aliphatic imine (C=N–C) groups is 1. The predicted molar refractivity (Wildman–Crippen MR) is 113 cm³/mol. The number of esters is 1. The highest BCUT2D eigenvalue weighted by molar-refractivity contribution is 7.10. The fraction of sp³-hybridized carbons (Fsp3) is 0.348. The van der Waals surface area contributed by atoms with Gasteiger partial charge in [-0.3, -0.25) is 14.6 Å². The van der Waals surface area contributed by atoms with E-state index in [2.05, 4.69) is 0 Å². The second-order valence-electron chi connectivity index (χ2n) is 7.41. The first kappa shape index (κ1) is 19.6. The van der Waals surface area contributed by atoms with Gasteiger partial charge in [-0.1, -0.05) is 18.2 Å². The number of allylic oxidation sites excluding steroid dienone is 2. The average molecular weight is 410 g/mol. The van der Waals surface area contributed by atoms with Crippen LogP contribution in [0.3, 0.4) is 0 Å². The van der Waals surface area contributed by atoms with Crippen molar-refractivity contribution in [2.45, 2.75) is 31.6 Å². The average Bonchev–Trinajstić information content (AvgIpc) is 3.26. The van der Waals surface area contributed by atoms with Crippen LogP contribution >= 0.6 is 11.3 Å². The Labute approximate surface area is 174 Å². The summed E-state index contributed by atoms with van der Waals surface area (Å²) in [6.45, 7) is 1.85. The molecule has 1 unspecified atom stereocenters. The second-order valence-corrected chi connectivity index (χ2v) is 8.39. The molecular formula is C23H23NO4S. The molecule has 2 aromatic rings. The third-order valence-electron chi connectivity index (χ3n) is 5.76. The fourth-order valence-electron chi connectivity index (χ4n) is 4.40. The molecule has 1 aliphatic carbocycles. The number of nitrogens with zero attached hydrogens (tertiary/aromatic N) is 1. The lowest BCUT2D eigenvalue weighted by molar-refractivity contribution is -0.143. The molecule has 1 aromatic heterocycles. The summed E-state index contributed by atoms with van der Waals surface area (Å²) < 4.78 is 10.4. The van der Waals surface area contributed by atoms with Gasteiger partial charge in [0.05, 0.1) is 14.2 Å². The fourth-order valence-corrected chi connectivity index (χ4v) is 5.27. The molecule has 2 aliphatic rings. The van der Waals surface area contributed by atoms with Gasteiger partial charge in [0, 0.05) is 34.2 Å². The molecule has 1 aliphatic heterocycles. The van der Waals surface area contributed by atoms with E-state index in [1.807, 2.05) is 48.7 Å². The Hall–Kier alpha value is -2.73. The Kier molecular flexibility index (Phi) is 5.37. The zero-order chi connectivity index (χ0) is 20.5. The van der Waals surface area contributed by atoms with E-state index in [-0.39, 0.29) is 23.6 Å². The number of rotatable bonds is 4. The molecule has 1 aromatic carbocycles. The molecule has 3 atom stereocenters. The summed E-state index contributed by atoms with van der Waals surface area (Å²) in [5.74, 6) is -0.350. The van der Waals surface area contributed by atoms with Gasteiger partial charge in [-0.2, -0.15) is 0 Å². The summed E-state index contributed by atoms with van der Waals surface area (Å²) >= 11 is 1.56. The van der Waals surface area contributed by atoms with E-state index in [9.17, 15) is 9.59 Å². The number of hydrogen-bond acceptors (Lipinski definition) is 6. The second kappa shape index (κ2) is 7.95. The third kappa shape index (κ3) is 3.53. The predicted octanol–water partition coefficient (Wildman–Crippen LogP) is 4.50. The van der Waals surface area contributed by atoms with Crippen LogP contribution in [-0.2, 0) is 14.3 Å². The van der Waals surface area contributed by atoms with Gasteiger partial charge in [-0.15, -0.1) is 11.3 Å². The minimum absolute atomic E-state index is 0.0477. The highest BCUT2D eigenvalue weighted by Crippen LogP contribution is 2.47. The van der Waals surface area contributed by atoms with Crippen LogP contribution < -0.4 is 4.74 Å². The molecule has 5 nitrogen and oxygen atoms in total. The summed E-state index contributed by atoms with van der Waals surface area (Å²) in [6, 6.07) is 11.8. The highest BCUT2D eigenvalue weighted by Gasteiger charge is 2.45. The van der Waals surface area contributed by atoms with Gasteiger partial charge in [-0.25, -0.2) is 0 Å². The Morgan fingerprint density at radius 3 is 2.69 bits per heavy atom. The van der Waals surface area contributed by atoms with Gasteiger partial charge in [0.25, 0.3) is 0 Å². The van der Waals surface area contributed by atoms with Gasteiger partial charge in [-0.05, 0) is 48.4 Å². The summed E-state index contributed by atoms with van der Waals surface area (Å²) in [4.78, 5) is 31.6. The maximum atomic E-state index is 13.3. The standard InChI is InChI=1S/C23H23NO4S/c1-13-20(23(26)28-3)22(19-8-5-9-29-19)21-17(24-13)11-15(12-18(21)25)14-6-4-7-16(10-14)27-2/h4-10,15,20,22H,11-12H2,1-3H3/t15-,20?,22-/m1/s1. The van der Waals surface area contributed by atoms with E-state index in [4.69, 9.17) is 14.5 Å². The molecular weight excluding hydrogens is 386 g/mol. The molecule has 0 amide bonds. The summed E-state index contributed by atoms with van der Waals surface area (Å²) in [7, 11) is 3.02. The van der Waals surface area contributed by atoms with Gasteiger partial charge in [0.15, 0.2) is 5.78 Å². The zero-order valence-electron chi connectivity index (χ0n) is 16.7. The molecule has 150 valence electrons. The molecule has 29 heavy (non-hydrogen) atoms. The van der Waals surface area contributed by atoms with Crippen molar-refractivity contribution in [3.05, 3.63) is 63.5 Å². The molecule has 2 heterocycles. The SMILES string of the molecule is COC(=O)C1C(C)=NC2=C(C(=O)C[C@H](c3cccc(OC)c3)C2)[C@@H]1c1cccs1. The molecule has 0 fully saturated rings. The quantitative estimate of drug-likeness (QED) is 0.697. The van der Waals surface area contributed by atoms with Gasteiger partial charge < -0.3 is 9.47 Å².